The van der Waals surface area contributed by atoms with Crippen molar-refractivity contribution in [3.05, 3.63) is 11.5 Å². The third kappa shape index (κ3) is 5.22. The SMILES string of the molecule is Cn1nnnc1SCC1=C(OC(=O)OC(C)(C)C)N2C(=O)[C@@H]3[C@H]2C1CCN3OC(=O)OC(C)(C)C. The number of ether oxygens (including phenoxy) is 3. The van der Waals surface area contributed by atoms with E-state index in [1.165, 1.54) is 26.4 Å². The lowest BCUT2D eigenvalue weighted by Crippen LogP contribution is -2.72. The first-order valence-corrected chi connectivity index (χ1v) is 12.2. The molecular weight excluding hydrogens is 480 g/mol. The Balaban J connectivity index is 1.55. The van der Waals surface area contributed by atoms with Gasteiger partial charge in [0, 0.05) is 30.8 Å². The number of hydrogen-bond acceptors (Lipinski definition) is 12. The first kappa shape index (κ1) is 25.2. The fourth-order valence-corrected chi connectivity index (χ4v) is 5.22. The van der Waals surface area contributed by atoms with Gasteiger partial charge < -0.3 is 19.0 Å². The summed E-state index contributed by atoms with van der Waals surface area (Å²) in [7, 11) is 1.72. The lowest BCUT2D eigenvalue weighted by molar-refractivity contribution is -0.223. The van der Waals surface area contributed by atoms with Crippen molar-refractivity contribution in [2.75, 3.05) is 12.3 Å². The van der Waals surface area contributed by atoms with Crippen molar-refractivity contribution in [3.63, 3.8) is 0 Å². The van der Waals surface area contributed by atoms with E-state index in [0.717, 1.165) is 5.57 Å². The number of tetrazole rings is 1. The topological polar surface area (TPSA) is 138 Å². The van der Waals surface area contributed by atoms with Gasteiger partial charge in [0.05, 0.1) is 6.04 Å². The molecule has 0 spiro atoms. The molecular formula is C21H30N6O7S. The Labute approximate surface area is 207 Å². The molecule has 3 aliphatic heterocycles. The minimum Gasteiger partial charge on any atom is -0.428 e. The Kier molecular flexibility index (Phi) is 6.47. The Morgan fingerprint density at radius 3 is 2.34 bits per heavy atom. The lowest BCUT2D eigenvalue weighted by Gasteiger charge is -2.51. The minimum atomic E-state index is -0.896. The molecule has 14 heteroatoms. The molecule has 0 bridgehead atoms. The number of hydrogen-bond donors (Lipinski definition) is 0. The van der Waals surface area contributed by atoms with Crippen LogP contribution in [0.25, 0.3) is 0 Å². The molecule has 3 atom stereocenters. The van der Waals surface area contributed by atoms with Crippen LogP contribution in [-0.4, -0.2) is 84.0 Å². The molecule has 1 unspecified atom stereocenters. The van der Waals surface area contributed by atoms with Gasteiger partial charge in [-0.3, -0.25) is 9.69 Å². The fraction of sp³-hybridized carbons (Fsp3) is 0.714. The van der Waals surface area contributed by atoms with Gasteiger partial charge in [0.25, 0.3) is 5.91 Å². The van der Waals surface area contributed by atoms with Gasteiger partial charge in [-0.05, 0) is 58.4 Å². The molecule has 0 radical (unpaired) electrons. The number of carbonyl (C=O) groups excluding carboxylic acids is 3. The maximum atomic E-state index is 13.2. The van der Waals surface area contributed by atoms with Crippen molar-refractivity contribution in [2.45, 2.75) is 76.4 Å². The molecule has 13 nitrogen and oxygen atoms in total. The number of piperidine rings is 1. The minimum absolute atomic E-state index is 0.0951. The van der Waals surface area contributed by atoms with Gasteiger partial charge >= 0.3 is 12.3 Å². The zero-order valence-corrected chi connectivity index (χ0v) is 21.6. The standard InChI is InChI=1S/C21H30N6O7S/c1-20(2,3)32-18(29)31-16-12(10-35-17-22-23-24-25(17)7)11-8-9-26(14-13(11)27(16)15(14)28)34-19(30)33-21(4,5)6/h11,13-14H,8-10H2,1-7H3/t11?,13-,14+/m1/s1. The van der Waals surface area contributed by atoms with Gasteiger partial charge in [0.2, 0.25) is 11.0 Å². The molecule has 2 fully saturated rings. The molecule has 0 aromatic carbocycles. The van der Waals surface area contributed by atoms with E-state index in [1.807, 2.05) is 0 Å². The number of nitrogens with zero attached hydrogens (tertiary/aromatic N) is 6. The van der Waals surface area contributed by atoms with Crippen LogP contribution in [0.2, 0.25) is 0 Å². The highest BCUT2D eigenvalue weighted by molar-refractivity contribution is 7.99. The summed E-state index contributed by atoms with van der Waals surface area (Å²) in [6, 6.07) is -1.04. The molecule has 4 rings (SSSR count). The summed E-state index contributed by atoms with van der Waals surface area (Å²) < 4.78 is 17.7. The number of rotatable bonds is 5. The number of hydroxylamine groups is 2. The highest BCUT2D eigenvalue weighted by Gasteiger charge is 2.64. The molecule has 0 aliphatic carbocycles. The quantitative estimate of drug-likeness (QED) is 0.326. The van der Waals surface area contributed by atoms with Crippen LogP contribution in [0.5, 0.6) is 0 Å². The zero-order chi connectivity index (χ0) is 25.7. The monoisotopic (exact) mass is 510 g/mol. The summed E-state index contributed by atoms with van der Waals surface area (Å²) in [4.78, 5) is 44.8. The van der Waals surface area contributed by atoms with Crippen molar-refractivity contribution < 1.29 is 33.4 Å². The third-order valence-corrected chi connectivity index (χ3v) is 6.58. The third-order valence-electron chi connectivity index (χ3n) is 5.53. The van der Waals surface area contributed by atoms with Gasteiger partial charge in [-0.15, -0.1) is 10.2 Å². The second-order valence-electron chi connectivity index (χ2n) is 10.5. The first-order valence-electron chi connectivity index (χ1n) is 11.2. The van der Waals surface area contributed by atoms with Crippen molar-refractivity contribution in [2.24, 2.45) is 13.0 Å². The van der Waals surface area contributed by atoms with Crippen LogP contribution in [0.1, 0.15) is 48.0 Å². The van der Waals surface area contributed by atoms with E-state index < -0.39 is 29.6 Å². The van der Waals surface area contributed by atoms with E-state index in [1.54, 1.807) is 48.6 Å². The van der Waals surface area contributed by atoms with Crippen LogP contribution in [0.3, 0.4) is 0 Å². The number of aryl methyl sites for hydroxylation is 1. The number of thioether (sulfide) groups is 1. The summed E-state index contributed by atoms with van der Waals surface area (Å²) in [6.45, 7) is 10.7. The van der Waals surface area contributed by atoms with Gasteiger partial charge in [-0.1, -0.05) is 11.8 Å². The van der Waals surface area contributed by atoms with Crippen LogP contribution >= 0.6 is 11.8 Å². The summed E-state index contributed by atoms with van der Waals surface area (Å²) in [6.07, 6.45) is -1.20. The fourth-order valence-electron chi connectivity index (χ4n) is 4.28. The highest BCUT2D eigenvalue weighted by atomic mass is 32.2. The van der Waals surface area contributed by atoms with Crippen LogP contribution in [0.4, 0.5) is 9.59 Å². The molecule has 4 heterocycles. The Morgan fingerprint density at radius 1 is 1.09 bits per heavy atom. The first-order chi connectivity index (χ1) is 16.2. The summed E-state index contributed by atoms with van der Waals surface area (Å²) >= 11 is 1.37. The van der Waals surface area contributed by atoms with E-state index in [9.17, 15) is 14.4 Å². The molecule has 35 heavy (non-hydrogen) atoms. The van der Waals surface area contributed by atoms with Crippen LogP contribution < -0.4 is 0 Å². The predicted octanol–water partition coefficient (Wildman–Crippen LogP) is 2.25. The number of aromatic nitrogens is 4. The molecule has 1 aromatic rings. The number of amides is 1. The highest BCUT2D eigenvalue weighted by Crippen LogP contribution is 2.50. The van der Waals surface area contributed by atoms with E-state index in [-0.39, 0.29) is 23.8 Å². The van der Waals surface area contributed by atoms with Crippen molar-refractivity contribution >= 4 is 30.0 Å². The molecule has 0 N–H and O–H groups in total. The Bertz CT molecular complexity index is 1060. The molecule has 192 valence electrons. The average molecular weight is 511 g/mol. The maximum absolute atomic E-state index is 13.2. The molecule has 0 saturated carbocycles. The van der Waals surface area contributed by atoms with Crippen molar-refractivity contribution in [3.8, 4) is 0 Å². The second-order valence-corrected chi connectivity index (χ2v) is 11.4. The normalized spacial score (nSPS) is 24.1. The number of β-lactam (4-membered cyclic amide) rings is 1. The largest absolute Gasteiger partial charge is 0.528 e. The van der Waals surface area contributed by atoms with Gasteiger partial charge in [0.1, 0.15) is 17.2 Å². The predicted molar refractivity (Wildman–Crippen MR) is 120 cm³/mol. The van der Waals surface area contributed by atoms with Gasteiger partial charge in [-0.2, -0.15) is 0 Å². The van der Waals surface area contributed by atoms with E-state index >= 15 is 0 Å². The van der Waals surface area contributed by atoms with Crippen LogP contribution in [-0.2, 0) is 30.9 Å². The second kappa shape index (κ2) is 8.97. The van der Waals surface area contributed by atoms with Gasteiger partial charge in [0.15, 0.2) is 0 Å². The molecule has 1 amide bonds. The summed E-state index contributed by atoms with van der Waals surface area (Å²) in [5.41, 5.74) is -0.712. The van der Waals surface area contributed by atoms with E-state index in [0.29, 0.717) is 23.9 Å². The Hall–Kier alpha value is -2.87. The van der Waals surface area contributed by atoms with Crippen LogP contribution in [0, 0.1) is 5.92 Å². The Morgan fingerprint density at radius 2 is 1.74 bits per heavy atom. The van der Waals surface area contributed by atoms with E-state index in [4.69, 9.17) is 19.0 Å². The lowest BCUT2D eigenvalue weighted by atomic mass is 9.79. The maximum Gasteiger partial charge on any atom is 0.528 e. The van der Waals surface area contributed by atoms with Crippen molar-refractivity contribution in [1.29, 1.82) is 0 Å². The van der Waals surface area contributed by atoms with E-state index in [2.05, 4.69) is 15.5 Å². The smallest absolute Gasteiger partial charge is 0.428 e. The number of carbonyl (C=O) groups is 3. The molecule has 1 aromatic heterocycles. The molecule has 3 aliphatic rings. The van der Waals surface area contributed by atoms with Crippen LogP contribution in [0.15, 0.2) is 16.6 Å². The summed E-state index contributed by atoms with van der Waals surface area (Å²) in [5.74, 6) is 0.137. The zero-order valence-electron chi connectivity index (χ0n) is 20.8. The van der Waals surface area contributed by atoms with Gasteiger partial charge in [-0.25, -0.2) is 14.3 Å². The summed E-state index contributed by atoms with van der Waals surface area (Å²) in [5, 5.41) is 13.4. The average Bonchev–Trinajstić information content (AvgIpc) is 3.21. The van der Waals surface area contributed by atoms with Crippen molar-refractivity contribution in [1.82, 2.24) is 30.2 Å². The molecule has 2 saturated heterocycles.